The summed E-state index contributed by atoms with van der Waals surface area (Å²) in [5, 5.41) is 5.48. The molecule has 2 atom stereocenters. The predicted octanol–water partition coefficient (Wildman–Crippen LogP) is 7.09. The molecule has 0 aromatic heterocycles. The Bertz CT molecular complexity index is 1440. The maximum absolute atomic E-state index is 14.0. The van der Waals surface area contributed by atoms with Crippen molar-refractivity contribution in [2.75, 3.05) is 32.6 Å². The lowest BCUT2D eigenvalue weighted by Crippen LogP contribution is -2.55. The van der Waals surface area contributed by atoms with Crippen molar-refractivity contribution in [1.29, 1.82) is 0 Å². The molecule has 0 aliphatic carbocycles. The number of carbonyl (C=O) groups excluding carboxylic acids is 3. The van der Waals surface area contributed by atoms with Crippen LogP contribution in [-0.4, -0.2) is 70.0 Å². The average molecular weight is 739 g/mol. The van der Waals surface area contributed by atoms with E-state index in [1.807, 2.05) is 72.8 Å². The number of thioether (sulfide) groups is 1. The van der Waals surface area contributed by atoms with Crippen LogP contribution in [0.3, 0.4) is 0 Å². The van der Waals surface area contributed by atoms with Gasteiger partial charge in [0.15, 0.2) is 0 Å². The molecule has 0 radical (unpaired) electrons. The standard InChI is InChI=1S/C35H42Cl3N3O6S/c1-34(2,3)48-23-30(27-15-17-28(45-4)18-16-27)41(33(44)47-24-35(36,37)38)29(22-46-21-26-13-9-6-10-14-26)32(43)40-20-31(42)39-19-25-11-7-5-8-12-25/h5-18,29-30H,19-24H2,1-4H3,(H,39,42)(H,40,43)/t29-,30-/m0/s1. The lowest BCUT2D eigenvalue weighted by atomic mass is 10.0. The van der Waals surface area contributed by atoms with Gasteiger partial charge in [-0.05, 0) is 28.8 Å². The quantitative estimate of drug-likeness (QED) is 0.151. The van der Waals surface area contributed by atoms with Crippen LogP contribution in [0.25, 0.3) is 0 Å². The van der Waals surface area contributed by atoms with E-state index in [-0.39, 0.29) is 31.1 Å². The van der Waals surface area contributed by atoms with Crippen LogP contribution in [0.4, 0.5) is 4.79 Å². The molecule has 0 aliphatic rings. The Kier molecular flexibility index (Phi) is 15.7. The van der Waals surface area contributed by atoms with Crippen LogP contribution in [0.5, 0.6) is 5.75 Å². The summed E-state index contributed by atoms with van der Waals surface area (Å²) in [6.07, 6.45) is -0.895. The molecule has 0 spiro atoms. The van der Waals surface area contributed by atoms with E-state index in [9.17, 15) is 14.4 Å². The van der Waals surface area contributed by atoms with E-state index in [2.05, 4.69) is 31.4 Å². The zero-order valence-electron chi connectivity index (χ0n) is 27.4. The molecule has 13 heteroatoms. The molecule has 0 unspecified atom stereocenters. The van der Waals surface area contributed by atoms with E-state index in [1.54, 1.807) is 31.0 Å². The SMILES string of the molecule is COc1ccc([C@H](CSC(C)(C)C)N(C(=O)OCC(Cl)(Cl)Cl)[C@@H](COCc2ccccc2)C(=O)NCC(=O)NCc2ccccc2)cc1. The molecule has 3 aromatic rings. The number of hydrogen-bond donors (Lipinski definition) is 2. The largest absolute Gasteiger partial charge is 0.497 e. The molecule has 3 amide bonds. The molecule has 0 aliphatic heterocycles. The third-order valence-electron chi connectivity index (χ3n) is 6.86. The van der Waals surface area contributed by atoms with E-state index in [0.717, 1.165) is 11.1 Å². The fourth-order valence-electron chi connectivity index (χ4n) is 4.47. The average Bonchev–Trinajstić information content (AvgIpc) is 3.06. The van der Waals surface area contributed by atoms with Gasteiger partial charge < -0.3 is 24.8 Å². The number of alkyl halides is 3. The Morgan fingerprint density at radius 3 is 2.02 bits per heavy atom. The predicted molar refractivity (Wildman–Crippen MR) is 193 cm³/mol. The second-order valence-electron chi connectivity index (χ2n) is 11.8. The van der Waals surface area contributed by atoms with Crippen LogP contribution in [0.1, 0.15) is 43.5 Å². The van der Waals surface area contributed by atoms with Crippen LogP contribution in [0, 0.1) is 0 Å². The molecule has 9 nitrogen and oxygen atoms in total. The summed E-state index contributed by atoms with van der Waals surface area (Å²) < 4.78 is 14.8. The van der Waals surface area contributed by atoms with Crippen LogP contribution in [0.2, 0.25) is 0 Å². The Labute approximate surface area is 301 Å². The topological polar surface area (TPSA) is 106 Å². The van der Waals surface area contributed by atoms with E-state index in [0.29, 0.717) is 17.1 Å². The van der Waals surface area contributed by atoms with Gasteiger partial charge >= 0.3 is 6.09 Å². The lowest BCUT2D eigenvalue weighted by molar-refractivity contribution is -0.132. The number of nitrogens with zero attached hydrogens (tertiary/aromatic N) is 1. The summed E-state index contributed by atoms with van der Waals surface area (Å²) in [5.74, 6) is -0.0357. The Hall–Kier alpha value is -3.15. The van der Waals surface area contributed by atoms with Crippen molar-refractivity contribution in [1.82, 2.24) is 15.5 Å². The van der Waals surface area contributed by atoms with Gasteiger partial charge in [0.2, 0.25) is 15.6 Å². The van der Waals surface area contributed by atoms with Crippen molar-refractivity contribution < 1.29 is 28.6 Å². The summed E-state index contributed by atoms with van der Waals surface area (Å²) in [5.41, 5.74) is 2.49. The summed E-state index contributed by atoms with van der Waals surface area (Å²) >= 11 is 19.5. The summed E-state index contributed by atoms with van der Waals surface area (Å²) in [6, 6.07) is 24.0. The zero-order valence-corrected chi connectivity index (χ0v) is 30.5. The monoisotopic (exact) mass is 737 g/mol. The normalized spacial score (nSPS) is 12.8. The Morgan fingerprint density at radius 2 is 1.46 bits per heavy atom. The van der Waals surface area contributed by atoms with Crippen LogP contribution in [-0.2, 0) is 32.2 Å². The number of ether oxygens (including phenoxy) is 3. The second kappa shape index (κ2) is 19.1. The minimum absolute atomic E-state index is 0.170. The highest BCUT2D eigenvalue weighted by Gasteiger charge is 2.39. The van der Waals surface area contributed by atoms with Gasteiger partial charge in [-0.25, -0.2) is 4.79 Å². The highest BCUT2D eigenvalue weighted by Crippen LogP contribution is 2.35. The molecule has 3 rings (SSSR count). The van der Waals surface area contributed by atoms with Crippen molar-refractivity contribution in [2.45, 2.75) is 54.5 Å². The lowest BCUT2D eigenvalue weighted by Gasteiger charge is -2.38. The fourth-order valence-corrected chi connectivity index (χ4v) is 5.65. The number of methoxy groups -OCH3 is 1. The van der Waals surface area contributed by atoms with Gasteiger partial charge in [-0.2, -0.15) is 11.8 Å². The zero-order chi connectivity index (χ0) is 35.2. The van der Waals surface area contributed by atoms with Gasteiger partial charge in [-0.1, -0.05) is 128 Å². The molecule has 0 bridgehead atoms. The van der Waals surface area contributed by atoms with Crippen LogP contribution < -0.4 is 15.4 Å². The van der Waals surface area contributed by atoms with Crippen molar-refractivity contribution in [2.24, 2.45) is 0 Å². The third kappa shape index (κ3) is 14.1. The number of hydrogen-bond acceptors (Lipinski definition) is 7. The maximum Gasteiger partial charge on any atom is 0.411 e. The number of benzene rings is 3. The second-order valence-corrected chi connectivity index (χ2v) is 16.1. The number of halogens is 3. The van der Waals surface area contributed by atoms with Crippen molar-refractivity contribution in [3.05, 3.63) is 102 Å². The first kappa shape index (κ1) is 39.3. The first-order valence-corrected chi connectivity index (χ1v) is 17.4. The molecule has 0 saturated heterocycles. The van der Waals surface area contributed by atoms with Gasteiger partial charge in [-0.15, -0.1) is 0 Å². The van der Waals surface area contributed by atoms with Crippen molar-refractivity contribution >= 4 is 64.5 Å². The molecule has 260 valence electrons. The van der Waals surface area contributed by atoms with Crippen LogP contribution in [0.15, 0.2) is 84.9 Å². The highest BCUT2D eigenvalue weighted by atomic mass is 35.6. The van der Waals surface area contributed by atoms with Gasteiger partial charge in [-0.3, -0.25) is 14.5 Å². The molecular formula is C35H42Cl3N3O6S. The Balaban J connectivity index is 1.96. The molecular weight excluding hydrogens is 697 g/mol. The van der Waals surface area contributed by atoms with E-state index < -0.39 is 40.4 Å². The highest BCUT2D eigenvalue weighted by molar-refractivity contribution is 8.00. The number of carbonyl (C=O) groups is 3. The van der Waals surface area contributed by atoms with E-state index in [4.69, 9.17) is 49.0 Å². The van der Waals surface area contributed by atoms with Gasteiger partial charge in [0.05, 0.1) is 32.9 Å². The fraction of sp³-hybridized carbons (Fsp3) is 0.400. The van der Waals surface area contributed by atoms with E-state index >= 15 is 0 Å². The molecule has 0 fully saturated rings. The van der Waals surface area contributed by atoms with Crippen molar-refractivity contribution in [3.63, 3.8) is 0 Å². The minimum atomic E-state index is -1.89. The van der Waals surface area contributed by atoms with Crippen molar-refractivity contribution in [3.8, 4) is 5.75 Å². The maximum atomic E-state index is 14.0. The minimum Gasteiger partial charge on any atom is -0.497 e. The van der Waals surface area contributed by atoms with Gasteiger partial charge in [0.25, 0.3) is 0 Å². The molecule has 0 saturated carbocycles. The number of rotatable bonds is 16. The summed E-state index contributed by atoms with van der Waals surface area (Å²) in [7, 11) is 1.56. The molecule has 3 aromatic carbocycles. The summed E-state index contributed by atoms with van der Waals surface area (Å²) in [4.78, 5) is 42.1. The van der Waals surface area contributed by atoms with Crippen LogP contribution >= 0.6 is 46.6 Å². The number of nitrogens with one attached hydrogen (secondary N) is 2. The molecule has 2 N–H and O–H groups in total. The third-order valence-corrected chi connectivity index (χ3v) is 8.54. The molecule has 0 heterocycles. The van der Waals surface area contributed by atoms with Gasteiger partial charge in [0, 0.05) is 17.0 Å². The smallest absolute Gasteiger partial charge is 0.411 e. The first-order valence-electron chi connectivity index (χ1n) is 15.3. The molecule has 48 heavy (non-hydrogen) atoms. The summed E-state index contributed by atoms with van der Waals surface area (Å²) in [6.45, 7) is 5.50. The van der Waals surface area contributed by atoms with E-state index in [1.165, 1.54) is 4.90 Å². The first-order chi connectivity index (χ1) is 22.8. The van der Waals surface area contributed by atoms with Gasteiger partial charge in [0.1, 0.15) is 18.4 Å². The Morgan fingerprint density at radius 1 is 0.854 bits per heavy atom. The number of amides is 3.